The van der Waals surface area contributed by atoms with Gasteiger partial charge in [-0.25, -0.2) is 0 Å². The Balaban J connectivity index is 1.68. The highest BCUT2D eigenvalue weighted by molar-refractivity contribution is 5.89. The Bertz CT molecular complexity index is 439. The van der Waals surface area contributed by atoms with Gasteiger partial charge in [0.1, 0.15) is 5.54 Å². The number of nitrogens with zero attached hydrogens (tertiary/aromatic N) is 1. The molecule has 120 valence electrons. The number of piperidine rings is 1. The number of hydrogen-bond donors (Lipinski definition) is 2. The minimum Gasteiger partial charge on any atom is -0.377 e. The predicted molar refractivity (Wildman–Crippen MR) is 81.8 cm³/mol. The average molecular weight is 295 g/mol. The van der Waals surface area contributed by atoms with Crippen molar-refractivity contribution in [3.63, 3.8) is 0 Å². The number of hydrogen-bond acceptors (Lipinski definition) is 4. The Hall–Kier alpha value is -0.650. The molecule has 1 amide bonds. The molecule has 0 aromatic carbocycles. The van der Waals surface area contributed by atoms with E-state index in [1.165, 1.54) is 0 Å². The smallest absolute Gasteiger partial charge is 0.241 e. The van der Waals surface area contributed by atoms with Crippen molar-refractivity contribution in [3.05, 3.63) is 0 Å². The molecule has 21 heavy (non-hydrogen) atoms. The van der Waals surface area contributed by atoms with Gasteiger partial charge in [0.05, 0.1) is 6.10 Å². The highest BCUT2D eigenvalue weighted by atomic mass is 16.5. The zero-order valence-corrected chi connectivity index (χ0v) is 13.7. The Labute approximate surface area is 127 Å². The minimum absolute atomic E-state index is 0.0287. The van der Waals surface area contributed by atoms with Crippen LogP contribution in [-0.2, 0) is 9.53 Å². The second-order valence-electron chi connectivity index (χ2n) is 7.80. The summed E-state index contributed by atoms with van der Waals surface area (Å²) in [6.45, 7) is 8.11. The molecule has 3 aliphatic rings. The quantitative estimate of drug-likeness (QED) is 0.788. The molecule has 5 nitrogen and oxygen atoms in total. The maximum Gasteiger partial charge on any atom is 0.241 e. The van der Waals surface area contributed by atoms with E-state index in [1.807, 2.05) is 0 Å². The largest absolute Gasteiger partial charge is 0.377 e. The first-order valence-electron chi connectivity index (χ1n) is 8.20. The molecule has 5 atom stereocenters. The molecule has 1 saturated carbocycles. The van der Waals surface area contributed by atoms with Crippen LogP contribution in [0.25, 0.3) is 0 Å². The van der Waals surface area contributed by atoms with E-state index in [2.05, 4.69) is 38.0 Å². The lowest BCUT2D eigenvalue weighted by atomic mass is 9.48. The monoisotopic (exact) mass is 295 g/mol. The number of amides is 1. The number of nitrogens with two attached hydrogens (primary N) is 1. The second kappa shape index (κ2) is 4.93. The number of carbonyl (C=O) groups excluding carboxylic acids is 1. The summed E-state index contributed by atoms with van der Waals surface area (Å²) >= 11 is 0. The van der Waals surface area contributed by atoms with Crippen molar-refractivity contribution in [2.75, 3.05) is 20.2 Å². The van der Waals surface area contributed by atoms with E-state index in [0.29, 0.717) is 6.04 Å². The van der Waals surface area contributed by atoms with E-state index in [9.17, 15) is 4.79 Å². The molecule has 2 heterocycles. The fourth-order valence-electron chi connectivity index (χ4n) is 4.57. The predicted octanol–water partition coefficient (Wildman–Crippen LogP) is 0.728. The van der Waals surface area contributed by atoms with E-state index in [4.69, 9.17) is 10.5 Å². The van der Waals surface area contributed by atoms with Crippen LogP contribution in [0, 0.1) is 11.3 Å². The fraction of sp³-hybridized carbons (Fsp3) is 0.938. The number of ether oxygens (including phenoxy) is 1. The van der Waals surface area contributed by atoms with E-state index in [-0.39, 0.29) is 29.4 Å². The van der Waals surface area contributed by atoms with Gasteiger partial charge < -0.3 is 20.7 Å². The summed E-state index contributed by atoms with van der Waals surface area (Å²) in [5, 5.41) is 3.23. The number of fused-ring (bicyclic) bond motifs is 1. The lowest BCUT2D eigenvalue weighted by Gasteiger charge is -2.61. The number of rotatable bonds is 2. The van der Waals surface area contributed by atoms with Gasteiger partial charge in [0.15, 0.2) is 0 Å². The third-order valence-electron chi connectivity index (χ3n) is 6.37. The average Bonchev–Trinajstić information content (AvgIpc) is 2.90. The van der Waals surface area contributed by atoms with Crippen LogP contribution in [-0.4, -0.2) is 54.7 Å². The molecule has 1 aliphatic carbocycles. The van der Waals surface area contributed by atoms with Crippen molar-refractivity contribution in [3.8, 4) is 0 Å². The van der Waals surface area contributed by atoms with E-state index < -0.39 is 5.54 Å². The highest BCUT2D eigenvalue weighted by Gasteiger charge is 2.71. The Morgan fingerprint density at radius 1 is 1.38 bits per heavy atom. The standard InChI is InChI=1S/C16H29N3O2/c1-10-9-11(5-7-19(10)4)18-14(20)16(17)12-6-8-21-13(12)15(16,2)3/h10-13H,5-9,17H2,1-4H3,(H,18,20). The Morgan fingerprint density at radius 3 is 2.76 bits per heavy atom. The van der Waals surface area contributed by atoms with Gasteiger partial charge in [-0.2, -0.15) is 0 Å². The summed E-state index contributed by atoms with van der Waals surface area (Å²) in [4.78, 5) is 15.2. The van der Waals surface area contributed by atoms with Crippen LogP contribution in [0.15, 0.2) is 0 Å². The van der Waals surface area contributed by atoms with Crippen LogP contribution in [0.4, 0.5) is 0 Å². The normalized spacial score (nSPS) is 45.8. The number of likely N-dealkylation sites (tertiary alicyclic amines) is 1. The molecule has 0 bridgehead atoms. The molecule has 0 aromatic rings. The van der Waals surface area contributed by atoms with Crippen molar-refractivity contribution in [2.24, 2.45) is 17.1 Å². The molecule has 0 spiro atoms. The van der Waals surface area contributed by atoms with Gasteiger partial charge in [-0.15, -0.1) is 0 Å². The fourth-order valence-corrected chi connectivity index (χ4v) is 4.57. The van der Waals surface area contributed by atoms with Crippen molar-refractivity contribution in [1.29, 1.82) is 0 Å². The van der Waals surface area contributed by atoms with Crippen LogP contribution < -0.4 is 11.1 Å². The zero-order valence-electron chi connectivity index (χ0n) is 13.7. The topological polar surface area (TPSA) is 67.6 Å². The third-order valence-corrected chi connectivity index (χ3v) is 6.37. The Morgan fingerprint density at radius 2 is 2.10 bits per heavy atom. The first-order valence-corrected chi connectivity index (χ1v) is 8.20. The summed E-state index contributed by atoms with van der Waals surface area (Å²) in [5.74, 6) is 0.206. The van der Waals surface area contributed by atoms with E-state index in [0.717, 1.165) is 32.4 Å². The molecule has 5 unspecified atom stereocenters. The van der Waals surface area contributed by atoms with Gasteiger partial charge in [0.2, 0.25) is 5.91 Å². The number of nitrogens with one attached hydrogen (secondary N) is 1. The van der Waals surface area contributed by atoms with Gasteiger partial charge >= 0.3 is 0 Å². The Kier molecular flexibility index (Phi) is 3.58. The van der Waals surface area contributed by atoms with E-state index >= 15 is 0 Å². The molecular formula is C16H29N3O2. The first kappa shape index (κ1) is 15.3. The summed E-state index contributed by atoms with van der Waals surface area (Å²) in [6.07, 6.45) is 3.06. The van der Waals surface area contributed by atoms with Crippen molar-refractivity contribution in [2.45, 2.75) is 63.8 Å². The summed E-state index contributed by atoms with van der Waals surface area (Å²) < 4.78 is 5.77. The SMILES string of the molecule is CC1CC(NC(=O)C2(N)C3CCOC3C2(C)C)CCN1C. The van der Waals surface area contributed by atoms with Gasteiger partial charge in [-0.3, -0.25) is 4.79 Å². The molecule has 3 N–H and O–H groups in total. The zero-order chi connectivity index (χ0) is 15.4. The van der Waals surface area contributed by atoms with E-state index in [1.54, 1.807) is 0 Å². The maximum atomic E-state index is 12.9. The summed E-state index contributed by atoms with van der Waals surface area (Å²) in [7, 11) is 2.14. The van der Waals surface area contributed by atoms with Crippen molar-refractivity contribution >= 4 is 5.91 Å². The molecule has 0 radical (unpaired) electrons. The van der Waals surface area contributed by atoms with Crippen LogP contribution in [0.2, 0.25) is 0 Å². The summed E-state index contributed by atoms with van der Waals surface area (Å²) in [6, 6.07) is 0.760. The highest BCUT2D eigenvalue weighted by Crippen LogP contribution is 2.58. The molecule has 2 saturated heterocycles. The summed E-state index contributed by atoms with van der Waals surface area (Å²) in [5.41, 5.74) is 5.53. The number of carbonyl (C=O) groups is 1. The molecule has 3 rings (SSSR count). The third kappa shape index (κ3) is 2.05. The van der Waals surface area contributed by atoms with Gasteiger partial charge in [-0.05, 0) is 33.2 Å². The van der Waals surface area contributed by atoms with Crippen LogP contribution in [0.3, 0.4) is 0 Å². The van der Waals surface area contributed by atoms with Crippen LogP contribution in [0.5, 0.6) is 0 Å². The van der Waals surface area contributed by atoms with Gasteiger partial charge in [-0.1, -0.05) is 13.8 Å². The van der Waals surface area contributed by atoms with Gasteiger partial charge in [0.25, 0.3) is 0 Å². The maximum absolute atomic E-state index is 12.9. The second-order valence-corrected chi connectivity index (χ2v) is 7.80. The minimum atomic E-state index is -0.777. The molecule has 5 heteroatoms. The molecule has 0 aromatic heterocycles. The van der Waals surface area contributed by atoms with Crippen LogP contribution in [0.1, 0.15) is 40.0 Å². The van der Waals surface area contributed by atoms with Crippen molar-refractivity contribution < 1.29 is 9.53 Å². The van der Waals surface area contributed by atoms with Gasteiger partial charge in [0, 0.05) is 36.6 Å². The molecule has 2 aliphatic heterocycles. The van der Waals surface area contributed by atoms with Crippen molar-refractivity contribution in [1.82, 2.24) is 10.2 Å². The lowest BCUT2D eigenvalue weighted by molar-refractivity contribution is -0.176. The lowest BCUT2D eigenvalue weighted by Crippen LogP contribution is -2.80. The first-order chi connectivity index (χ1) is 9.78. The molecule has 3 fully saturated rings. The van der Waals surface area contributed by atoms with Crippen LogP contribution >= 0.6 is 0 Å². The molecular weight excluding hydrogens is 266 g/mol.